The molecule has 0 aliphatic heterocycles. The van der Waals surface area contributed by atoms with Crippen LogP contribution >= 0.6 is 11.6 Å². The lowest BCUT2D eigenvalue weighted by atomic mass is 10.1. The second-order valence-electron chi connectivity index (χ2n) is 4.50. The van der Waals surface area contributed by atoms with Crippen molar-refractivity contribution in [2.24, 2.45) is 0 Å². The van der Waals surface area contributed by atoms with Gasteiger partial charge in [0.25, 0.3) is 0 Å². The Morgan fingerprint density at radius 3 is 2.60 bits per heavy atom. The molecule has 0 bridgehead atoms. The molecule has 1 heterocycles. The first-order valence-electron chi connectivity index (χ1n) is 6.00. The highest BCUT2D eigenvalue weighted by Gasteiger charge is 2.19. The Kier molecular flexibility index (Phi) is 4.09. The van der Waals surface area contributed by atoms with Gasteiger partial charge in [0.2, 0.25) is 0 Å². The number of anilines is 2. The molecule has 0 radical (unpaired) electrons. The molecule has 0 saturated carbocycles. The van der Waals surface area contributed by atoms with Crippen LogP contribution in [0.3, 0.4) is 0 Å². The molecule has 2 aromatic rings. The summed E-state index contributed by atoms with van der Waals surface area (Å²) in [7, 11) is 1.66. The number of hydrogen-bond acceptors (Lipinski definition) is 3. The molecule has 1 unspecified atom stereocenters. The molecule has 2 N–H and O–H groups in total. The molecule has 1 aromatic carbocycles. The number of hydrogen-bond donors (Lipinski definition) is 1. The highest BCUT2D eigenvalue weighted by Crippen LogP contribution is 2.28. The Morgan fingerprint density at radius 2 is 1.95 bits per heavy atom. The fourth-order valence-electron chi connectivity index (χ4n) is 1.89. The van der Waals surface area contributed by atoms with Gasteiger partial charge < -0.3 is 10.6 Å². The van der Waals surface area contributed by atoms with Crippen molar-refractivity contribution in [3.63, 3.8) is 0 Å². The van der Waals surface area contributed by atoms with E-state index in [1.54, 1.807) is 24.1 Å². The van der Waals surface area contributed by atoms with E-state index in [0.717, 1.165) is 11.6 Å². The number of pyridine rings is 1. The second kappa shape index (κ2) is 5.63. The maximum absolute atomic E-state index is 13.8. The third-order valence-electron chi connectivity index (χ3n) is 3.18. The number of rotatable bonds is 3. The predicted octanol–water partition coefficient (Wildman–Crippen LogP) is 3.79. The number of benzene rings is 1. The van der Waals surface area contributed by atoms with Crippen LogP contribution < -0.4 is 10.6 Å². The summed E-state index contributed by atoms with van der Waals surface area (Å²) in [6, 6.07) is 7.77. The molecular weight excluding hydrogens is 284 g/mol. The van der Waals surface area contributed by atoms with E-state index in [0.29, 0.717) is 5.02 Å². The smallest absolute Gasteiger partial charge is 0.168 e. The summed E-state index contributed by atoms with van der Waals surface area (Å²) in [4.78, 5) is 5.34. The number of nitrogens with zero attached hydrogens (tertiary/aromatic N) is 2. The molecule has 0 aliphatic carbocycles. The van der Waals surface area contributed by atoms with E-state index < -0.39 is 11.6 Å². The Labute approximate surface area is 121 Å². The number of halogens is 3. The molecule has 6 heteroatoms. The van der Waals surface area contributed by atoms with Crippen LogP contribution in [0.25, 0.3) is 0 Å². The van der Waals surface area contributed by atoms with Crippen LogP contribution in [-0.4, -0.2) is 12.0 Å². The first-order valence-corrected chi connectivity index (χ1v) is 6.37. The zero-order valence-corrected chi connectivity index (χ0v) is 11.8. The molecule has 106 valence electrons. The monoisotopic (exact) mass is 297 g/mol. The van der Waals surface area contributed by atoms with Gasteiger partial charge in [-0.3, -0.25) is 0 Å². The molecule has 0 fully saturated rings. The summed E-state index contributed by atoms with van der Waals surface area (Å²) >= 11 is 5.94. The van der Waals surface area contributed by atoms with Crippen LogP contribution in [0, 0.1) is 11.6 Å². The second-order valence-corrected chi connectivity index (χ2v) is 4.94. The van der Waals surface area contributed by atoms with E-state index in [9.17, 15) is 8.78 Å². The SMILES string of the molecule is CC(c1cccc(Cl)c1)N(C)c1nc(N)c(F)cc1F. The van der Waals surface area contributed by atoms with Crippen LogP contribution in [0.4, 0.5) is 20.4 Å². The van der Waals surface area contributed by atoms with E-state index in [1.165, 1.54) is 0 Å². The van der Waals surface area contributed by atoms with Gasteiger partial charge in [-0.15, -0.1) is 0 Å². The van der Waals surface area contributed by atoms with Crippen molar-refractivity contribution in [1.82, 2.24) is 4.98 Å². The minimum Gasteiger partial charge on any atom is -0.381 e. The van der Waals surface area contributed by atoms with Crippen LogP contribution in [0.15, 0.2) is 30.3 Å². The van der Waals surface area contributed by atoms with Crippen molar-refractivity contribution < 1.29 is 8.78 Å². The van der Waals surface area contributed by atoms with E-state index in [-0.39, 0.29) is 17.7 Å². The van der Waals surface area contributed by atoms with Gasteiger partial charge in [-0.1, -0.05) is 23.7 Å². The largest absolute Gasteiger partial charge is 0.381 e. The number of nitrogen functional groups attached to an aromatic ring is 1. The van der Waals surface area contributed by atoms with Crippen LogP contribution in [0.5, 0.6) is 0 Å². The summed E-state index contributed by atoms with van der Waals surface area (Å²) in [6.07, 6.45) is 0. The summed E-state index contributed by atoms with van der Waals surface area (Å²) in [5, 5.41) is 0.592. The highest BCUT2D eigenvalue weighted by molar-refractivity contribution is 6.30. The first kappa shape index (κ1) is 14.5. The maximum atomic E-state index is 13.8. The lowest BCUT2D eigenvalue weighted by molar-refractivity contribution is 0.567. The zero-order valence-electron chi connectivity index (χ0n) is 11.1. The van der Waals surface area contributed by atoms with Gasteiger partial charge in [0.05, 0.1) is 6.04 Å². The number of nitrogens with two attached hydrogens (primary N) is 1. The zero-order chi connectivity index (χ0) is 14.9. The van der Waals surface area contributed by atoms with Crippen molar-refractivity contribution in [3.8, 4) is 0 Å². The van der Waals surface area contributed by atoms with E-state index in [1.807, 2.05) is 19.1 Å². The van der Waals surface area contributed by atoms with Gasteiger partial charge >= 0.3 is 0 Å². The molecular formula is C14H14ClF2N3. The van der Waals surface area contributed by atoms with Gasteiger partial charge in [-0.05, 0) is 24.6 Å². The predicted molar refractivity (Wildman–Crippen MR) is 76.8 cm³/mol. The quantitative estimate of drug-likeness (QED) is 0.937. The van der Waals surface area contributed by atoms with Crippen molar-refractivity contribution in [1.29, 1.82) is 0 Å². The molecule has 3 nitrogen and oxygen atoms in total. The van der Waals surface area contributed by atoms with Gasteiger partial charge in [0.1, 0.15) is 0 Å². The molecule has 0 saturated heterocycles. The molecule has 0 spiro atoms. The van der Waals surface area contributed by atoms with Gasteiger partial charge in [-0.25, -0.2) is 13.8 Å². The van der Waals surface area contributed by atoms with Crippen LogP contribution in [0.1, 0.15) is 18.5 Å². The van der Waals surface area contributed by atoms with Crippen molar-refractivity contribution >= 4 is 23.2 Å². The number of aromatic nitrogens is 1. The third kappa shape index (κ3) is 2.82. The maximum Gasteiger partial charge on any atom is 0.168 e. The molecule has 0 aliphatic rings. The standard InChI is InChI=1S/C14H14ClF2N3/c1-8(9-4-3-5-10(15)6-9)20(2)14-12(17)7-11(16)13(18)19-14/h3-8H,1-2H3,(H2,18,19). The average Bonchev–Trinajstić information content (AvgIpc) is 2.41. The Balaban J connectivity index is 2.36. The summed E-state index contributed by atoms with van der Waals surface area (Å²) < 4.78 is 26.9. The molecule has 2 rings (SSSR count). The summed E-state index contributed by atoms with van der Waals surface area (Å²) in [5.41, 5.74) is 6.28. The normalized spacial score (nSPS) is 12.2. The van der Waals surface area contributed by atoms with Gasteiger partial charge in [0.15, 0.2) is 23.3 Å². The molecule has 1 aromatic heterocycles. The van der Waals surface area contributed by atoms with Crippen LogP contribution in [0.2, 0.25) is 5.02 Å². The first-order chi connectivity index (χ1) is 9.40. The van der Waals surface area contributed by atoms with Crippen molar-refractivity contribution in [3.05, 3.63) is 52.6 Å². The van der Waals surface area contributed by atoms with E-state index in [2.05, 4.69) is 4.98 Å². The van der Waals surface area contributed by atoms with Gasteiger partial charge in [-0.2, -0.15) is 0 Å². The fraction of sp³-hybridized carbons (Fsp3) is 0.214. The molecule has 1 atom stereocenters. The fourth-order valence-corrected chi connectivity index (χ4v) is 2.09. The van der Waals surface area contributed by atoms with Crippen molar-refractivity contribution in [2.45, 2.75) is 13.0 Å². The lowest BCUT2D eigenvalue weighted by Crippen LogP contribution is -2.24. The van der Waals surface area contributed by atoms with Crippen LogP contribution in [-0.2, 0) is 0 Å². The summed E-state index contributed by atoms with van der Waals surface area (Å²) in [6.45, 7) is 1.87. The highest BCUT2D eigenvalue weighted by atomic mass is 35.5. The van der Waals surface area contributed by atoms with E-state index >= 15 is 0 Å². The molecule has 20 heavy (non-hydrogen) atoms. The third-order valence-corrected chi connectivity index (χ3v) is 3.42. The lowest BCUT2D eigenvalue weighted by Gasteiger charge is -2.27. The minimum absolute atomic E-state index is 0.00336. The Morgan fingerprint density at radius 1 is 1.25 bits per heavy atom. The molecule has 0 amide bonds. The van der Waals surface area contributed by atoms with E-state index in [4.69, 9.17) is 17.3 Å². The Hall–Kier alpha value is -1.88. The topological polar surface area (TPSA) is 42.2 Å². The summed E-state index contributed by atoms with van der Waals surface area (Å²) in [5.74, 6) is -1.95. The Bertz CT molecular complexity index is 634. The van der Waals surface area contributed by atoms with Gasteiger partial charge in [0, 0.05) is 18.1 Å². The average molecular weight is 298 g/mol. The van der Waals surface area contributed by atoms with Crippen molar-refractivity contribution in [2.75, 3.05) is 17.7 Å². The minimum atomic E-state index is -0.866.